The minimum absolute atomic E-state index is 0.120. The standard InChI is InChI=1S/C29H28ClNO4/c1-3-28(32)31-23-15-20(14-21(16-23)29(33)34-2)24-10-7-11-25(24)26-17-22(30)12-13-27(26)35-18-19-8-5-4-6-9-19/h4-6,8-9,12-17H,3,7,10-11,18H2,1-2H3,(H,31,32). The van der Waals surface area contributed by atoms with Crippen molar-refractivity contribution in [2.24, 2.45) is 0 Å². The van der Waals surface area contributed by atoms with Crippen LogP contribution in [0.25, 0.3) is 11.1 Å². The lowest BCUT2D eigenvalue weighted by Gasteiger charge is -2.16. The number of esters is 1. The zero-order valence-electron chi connectivity index (χ0n) is 19.9. The summed E-state index contributed by atoms with van der Waals surface area (Å²) in [7, 11) is 1.35. The number of anilines is 1. The molecule has 180 valence electrons. The normalized spacial score (nSPS) is 13.0. The molecule has 1 aliphatic rings. The first-order valence-corrected chi connectivity index (χ1v) is 12.1. The SMILES string of the molecule is CCC(=O)Nc1cc(C(=O)OC)cc(C2=C(c3cc(Cl)ccc3OCc3ccccc3)CCC2)c1. The highest BCUT2D eigenvalue weighted by molar-refractivity contribution is 6.30. The molecule has 5 nitrogen and oxygen atoms in total. The molecule has 4 rings (SSSR count). The highest BCUT2D eigenvalue weighted by atomic mass is 35.5. The predicted molar refractivity (Wildman–Crippen MR) is 140 cm³/mol. The maximum atomic E-state index is 12.4. The molecule has 35 heavy (non-hydrogen) atoms. The van der Waals surface area contributed by atoms with Crippen LogP contribution in [0.1, 0.15) is 59.7 Å². The third-order valence-electron chi connectivity index (χ3n) is 6.03. The van der Waals surface area contributed by atoms with Crippen molar-refractivity contribution in [1.29, 1.82) is 0 Å². The van der Waals surface area contributed by atoms with E-state index < -0.39 is 5.97 Å². The third kappa shape index (κ3) is 5.92. The fourth-order valence-electron chi connectivity index (χ4n) is 4.32. The number of carbonyl (C=O) groups excluding carboxylic acids is 2. The molecule has 0 aliphatic heterocycles. The Balaban J connectivity index is 1.76. The van der Waals surface area contributed by atoms with E-state index in [0.29, 0.717) is 29.3 Å². The van der Waals surface area contributed by atoms with E-state index in [4.69, 9.17) is 21.1 Å². The van der Waals surface area contributed by atoms with Gasteiger partial charge in [0.1, 0.15) is 12.4 Å². The number of carbonyl (C=O) groups is 2. The lowest BCUT2D eigenvalue weighted by atomic mass is 9.94. The fraction of sp³-hybridized carbons (Fsp3) is 0.241. The minimum atomic E-state index is -0.450. The molecule has 0 saturated heterocycles. The van der Waals surface area contributed by atoms with Crippen LogP contribution < -0.4 is 10.1 Å². The van der Waals surface area contributed by atoms with Crippen LogP contribution in [0.3, 0.4) is 0 Å². The summed E-state index contributed by atoms with van der Waals surface area (Å²) in [5.74, 6) is 0.190. The fourth-order valence-corrected chi connectivity index (χ4v) is 4.49. The van der Waals surface area contributed by atoms with Crippen molar-refractivity contribution in [3.63, 3.8) is 0 Å². The Bertz CT molecular complexity index is 1270. The molecule has 3 aromatic carbocycles. The van der Waals surface area contributed by atoms with E-state index in [1.54, 1.807) is 13.0 Å². The Morgan fingerprint density at radius 3 is 2.49 bits per heavy atom. The minimum Gasteiger partial charge on any atom is -0.488 e. The van der Waals surface area contributed by atoms with Crippen LogP contribution in [0.5, 0.6) is 5.75 Å². The van der Waals surface area contributed by atoms with Gasteiger partial charge in [0, 0.05) is 22.7 Å². The quantitative estimate of drug-likeness (QED) is 0.341. The summed E-state index contributed by atoms with van der Waals surface area (Å²) in [4.78, 5) is 24.4. The van der Waals surface area contributed by atoms with Crippen LogP contribution in [-0.4, -0.2) is 19.0 Å². The molecular formula is C29H28ClNO4. The Kier molecular flexibility index (Phi) is 7.88. The number of allylic oxidation sites excluding steroid dienone is 2. The second-order valence-electron chi connectivity index (χ2n) is 8.42. The molecule has 0 spiro atoms. The number of benzene rings is 3. The summed E-state index contributed by atoms with van der Waals surface area (Å²) >= 11 is 6.40. The molecule has 1 aliphatic carbocycles. The maximum absolute atomic E-state index is 12.4. The van der Waals surface area contributed by atoms with E-state index in [1.165, 1.54) is 7.11 Å². The zero-order valence-corrected chi connectivity index (χ0v) is 20.7. The highest BCUT2D eigenvalue weighted by Crippen LogP contribution is 2.44. The van der Waals surface area contributed by atoms with Gasteiger partial charge in [0.2, 0.25) is 5.91 Å². The van der Waals surface area contributed by atoms with Gasteiger partial charge < -0.3 is 14.8 Å². The lowest BCUT2D eigenvalue weighted by molar-refractivity contribution is -0.115. The molecule has 0 radical (unpaired) electrons. The maximum Gasteiger partial charge on any atom is 0.337 e. The number of amides is 1. The predicted octanol–water partition coefficient (Wildman–Crippen LogP) is 7.15. The number of hydrogen-bond donors (Lipinski definition) is 1. The molecule has 0 aromatic heterocycles. The summed E-state index contributed by atoms with van der Waals surface area (Å²) in [6, 6.07) is 21.1. The lowest BCUT2D eigenvalue weighted by Crippen LogP contribution is -2.11. The van der Waals surface area contributed by atoms with Gasteiger partial charge in [-0.15, -0.1) is 0 Å². The van der Waals surface area contributed by atoms with E-state index in [9.17, 15) is 9.59 Å². The van der Waals surface area contributed by atoms with Crippen LogP contribution in [0.2, 0.25) is 5.02 Å². The van der Waals surface area contributed by atoms with Crippen molar-refractivity contribution in [2.45, 2.75) is 39.2 Å². The van der Waals surface area contributed by atoms with Crippen LogP contribution in [-0.2, 0) is 16.1 Å². The van der Waals surface area contributed by atoms with E-state index in [0.717, 1.165) is 52.8 Å². The van der Waals surface area contributed by atoms with Crippen LogP contribution in [0.4, 0.5) is 5.69 Å². The first-order chi connectivity index (χ1) is 17.0. The Morgan fingerprint density at radius 1 is 0.971 bits per heavy atom. The van der Waals surface area contributed by atoms with Crippen molar-refractivity contribution >= 4 is 40.3 Å². The molecule has 0 unspecified atom stereocenters. The van der Waals surface area contributed by atoms with Gasteiger partial charge in [-0.1, -0.05) is 48.9 Å². The summed E-state index contributed by atoms with van der Waals surface area (Å²) in [6.07, 6.45) is 3.01. The van der Waals surface area contributed by atoms with Gasteiger partial charge in [-0.25, -0.2) is 4.79 Å². The molecular weight excluding hydrogens is 462 g/mol. The van der Waals surface area contributed by atoms with E-state index in [-0.39, 0.29) is 5.91 Å². The molecule has 6 heteroatoms. The molecule has 0 saturated carbocycles. The average molecular weight is 490 g/mol. The molecule has 0 heterocycles. The molecule has 1 N–H and O–H groups in total. The first kappa shape index (κ1) is 24.6. The summed E-state index contributed by atoms with van der Waals surface area (Å²) in [5.41, 5.74) is 6.10. The third-order valence-corrected chi connectivity index (χ3v) is 6.26. The van der Waals surface area contributed by atoms with Crippen LogP contribution in [0, 0.1) is 0 Å². The smallest absolute Gasteiger partial charge is 0.337 e. The van der Waals surface area contributed by atoms with Crippen molar-refractivity contribution in [3.05, 3.63) is 94.0 Å². The Labute approximate surface area is 210 Å². The van der Waals surface area contributed by atoms with Crippen molar-refractivity contribution in [1.82, 2.24) is 0 Å². The van der Waals surface area contributed by atoms with Crippen molar-refractivity contribution in [2.75, 3.05) is 12.4 Å². The van der Waals surface area contributed by atoms with Crippen LogP contribution >= 0.6 is 11.6 Å². The Hall–Kier alpha value is -3.57. The van der Waals surface area contributed by atoms with E-state index >= 15 is 0 Å². The largest absolute Gasteiger partial charge is 0.488 e. The van der Waals surface area contributed by atoms with Crippen molar-refractivity contribution < 1.29 is 19.1 Å². The second kappa shape index (κ2) is 11.2. The highest BCUT2D eigenvalue weighted by Gasteiger charge is 2.23. The summed E-state index contributed by atoms with van der Waals surface area (Å²) in [6.45, 7) is 2.23. The summed E-state index contributed by atoms with van der Waals surface area (Å²) in [5, 5.41) is 3.50. The van der Waals surface area contributed by atoms with Gasteiger partial charge in [0.15, 0.2) is 0 Å². The molecule has 1 amide bonds. The average Bonchev–Trinajstić information content (AvgIpc) is 3.37. The van der Waals surface area contributed by atoms with E-state index in [2.05, 4.69) is 5.32 Å². The number of hydrogen-bond acceptors (Lipinski definition) is 4. The summed E-state index contributed by atoms with van der Waals surface area (Å²) < 4.78 is 11.2. The number of rotatable bonds is 8. The number of nitrogens with one attached hydrogen (secondary N) is 1. The monoisotopic (exact) mass is 489 g/mol. The van der Waals surface area contributed by atoms with Gasteiger partial charge in [-0.2, -0.15) is 0 Å². The van der Waals surface area contributed by atoms with Crippen LogP contribution in [0.15, 0.2) is 66.7 Å². The molecule has 3 aromatic rings. The first-order valence-electron chi connectivity index (χ1n) is 11.7. The second-order valence-corrected chi connectivity index (χ2v) is 8.85. The van der Waals surface area contributed by atoms with Crippen molar-refractivity contribution in [3.8, 4) is 5.75 Å². The topological polar surface area (TPSA) is 64.6 Å². The van der Waals surface area contributed by atoms with Gasteiger partial charge in [0.05, 0.1) is 12.7 Å². The van der Waals surface area contributed by atoms with Gasteiger partial charge >= 0.3 is 5.97 Å². The molecule has 0 bridgehead atoms. The van der Waals surface area contributed by atoms with Gasteiger partial charge in [-0.3, -0.25) is 4.79 Å². The van der Waals surface area contributed by atoms with Gasteiger partial charge in [-0.05, 0) is 77.9 Å². The molecule has 0 fully saturated rings. The zero-order chi connectivity index (χ0) is 24.8. The number of methoxy groups -OCH3 is 1. The Morgan fingerprint density at radius 2 is 1.74 bits per heavy atom. The number of ether oxygens (including phenoxy) is 2. The van der Waals surface area contributed by atoms with E-state index in [1.807, 2.05) is 60.7 Å². The van der Waals surface area contributed by atoms with Gasteiger partial charge in [0.25, 0.3) is 0 Å². The molecule has 0 atom stereocenters. The number of halogens is 1.